The highest BCUT2D eigenvalue weighted by molar-refractivity contribution is 5.81. The van der Waals surface area contributed by atoms with Crippen LogP contribution in [-0.2, 0) is 9.53 Å². The van der Waals surface area contributed by atoms with Gasteiger partial charge in [0.2, 0.25) is 0 Å². The van der Waals surface area contributed by atoms with E-state index in [1.54, 1.807) is 6.92 Å². The fourth-order valence-corrected chi connectivity index (χ4v) is 2.11. The quantitative estimate of drug-likeness (QED) is 0.251. The Kier molecular flexibility index (Phi) is 5.91. The molecular formula is C11H21N5O2. The minimum absolute atomic E-state index is 0.195. The molecule has 0 aromatic heterocycles. The molecule has 1 aliphatic heterocycles. The van der Waals surface area contributed by atoms with Crippen LogP contribution in [0.3, 0.4) is 0 Å². The molecule has 1 aliphatic rings. The number of carbonyl (C=O) groups excluding carboxylic acids is 1. The maximum atomic E-state index is 12.1. The standard InChI is InChI=1S/C11H21N5O2/c1-3-18-10(17)11(13-6-7-14-15-12)4-8-16(2)9-5-11/h13H,3-9H2,1-2H3. The van der Waals surface area contributed by atoms with Gasteiger partial charge in [0.25, 0.3) is 0 Å². The van der Waals surface area contributed by atoms with Crippen molar-refractivity contribution in [3.05, 3.63) is 10.4 Å². The SMILES string of the molecule is CCOC(=O)C1(NCCN=[N+]=[N-])CCN(C)CC1. The zero-order valence-corrected chi connectivity index (χ0v) is 11.1. The molecule has 0 saturated carbocycles. The molecule has 0 unspecified atom stereocenters. The Balaban J connectivity index is 2.62. The minimum Gasteiger partial charge on any atom is -0.465 e. The molecule has 7 nitrogen and oxygen atoms in total. The molecule has 0 atom stereocenters. The number of rotatable bonds is 6. The van der Waals surface area contributed by atoms with E-state index in [0.29, 0.717) is 19.7 Å². The van der Waals surface area contributed by atoms with Crippen molar-refractivity contribution in [2.24, 2.45) is 5.11 Å². The Morgan fingerprint density at radius 1 is 1.56 bits per heavy atom. The Bertz CT molecular complexity index is 319. The van der Waals surface area contributed by atoms with Gasteiger partial charge in [-0.15, -0.1) is 0 Å². The summed E-state index contributed by atoms with van der Waals surface area (Å²) in [5, 5.41) is 6.67. The van der Waals surface area contributed by atoms with Gasteiger partial charge in [0.15, 0.2) is 0 Å². The lowest BCUT2D eigenvalue weighted by molar-refractivity contribution is -0.153. The van der Waals surface area contributed by atoms with Crippen molar-refractivity contribution in [3.63, 3.8) is 0 Å². The molecule has 0 spiro atoms. The van der Waals surface area contributed by atoms with Gasteiger partial charge in [0.1, 0.15) is 5.54 Å². The van der Waals surface area contributed by atoms with E-state index >= 15 is 0 Å². The van der Waals surface area contributed by atoms with E-state index in [9.17, 15) is 4.79 Å². The summed E-state index contributed by atoms with van der Waals surface area (Å²) in [7, 11) is 2.04. The third-order valence-corrected chi connectivity index (χ3v) is 3.25. The first kappa shape index (κ1) is 14.8. The van der Waals surface area contributed by atoms with Crippen molar-refractivity contribution in [3.8, 4) is 0 Å². The van der Waals surface area contributed by atoms with Gasteiger partial charge in [0, 0.05) is 31.1 Å². The van der Waals surface area contributed by atoms with Crippen LogP contribution >= 0.6 is 0 Å². The number of hydrogen-bond acceptors (Lipinski definition) is 5. The number of azide groups is 1. The fraction of sp³-hybridized carbons (Fsp3) is 0.909. The van der Waals surface area contributed by atoms with E-state index in [-0.39, 0.29) is 5.97 Å². The van der Waals surface area contributed by atoms with Crippen LogP contribution in [0.4, 0.5) is 0 Å². The summed E-state index contributed by atoms with van der Waals surface area (Å²) >= 11 is 0. The zero-order valence-electron chi connectivity index (χ0n) is 11.1. The second kappa shape index (κ2) is 7.20. The van der Waals surface area contributed by atoms with Crippen molar-refractivity contribution >= 4 is 5.97 Å². The normalized spacial score (nSPS) is 19.0. The van der Waals surface area contributed by atoms with E-state index in [4.69, 9.17) is 10.3 Å². The molecule has 1 N–H and O–H groups in total. The lowest BCUT2D eigenvalue weighted by Crippen LogP contribution is -2.59. The fourth-order valence-electron chi connectivity index (χ4n) is 2.11. The highest BCUT2D eigenvalue weighted by Gasteiger charge is 2.41. The summed E-state index contributed by atoms with van der Waals surface area (Å²) in [5.41, 5.74) is 7.61. The van der Waals surface area contributed by atoms with Crippen molar-refractivity contribution < 1.29 is 9.53 Å². The summed E-state index contributed by atoms with van der Waals surface area (Å²) in [5.74, 6) is -0.195. The molecule has 1 fully saturated rings. The number of carbonyl (C=O) groups is 1. The third-order valence-electron chi connectivity index (χ3n) is 3.25. The van der Waals surface area contributed by atoms with Gasteiger partial charge < -0.3 is 15.0 Å². The molecule has 18 heavy (non-hydrogen) atoms. The molecule has 102 valence electrons. The van der Waals surface area contributed by atoms with Crippen molar-refractivity contribution in [1.82, 2.24) is 10.2 Å². The second-order valence-electron chi connectivity index (χ2n) is 4.49. The van der Waals surface area contributed by atoms with Gasteiger partial charge in [-0.2, -0.15) is 0 Å². The molecule has 7 heteroatoms. The Labute approximate surface area is 107 Å². The molecule has 0 aromatic rings. The first-order chi connectivity index (χ1) is 8.64. The molecule has 0 bridgehead atoms. The van der Waals surface area contributed by atoms with Crippen LogP contribution in [0.25, 0.3) is 10.4 Å². The van der Waals surface area contributed by atoms with E-state index < -0.39 is 5.54 Å². The Hall–Kier alpha value is -1.30. The van der Waals surface area contributed by atoms with Crippen LogP contribution < -0.4 is 5.32 Å². The topological polar surface area (TPSA) is 90.3 Å². The molecule has 1 rings (SSSR count). The van der Waals surface area contributed by atoms with Crippen LogP contribution in [0.15, 0.2) is 5.11 Å². The molecule has 0 radical (unpaired) electrons. The average Bonchev–Trinajstić information content (AvgIpc) is 2.37. The number of nitrogens with one attached hydrogen (secondary N) is 1. The monoisotopic (exact) mass is 255 g/mol. The van der Waals surface area contributed by atoms with Crippen molar-refractivity contribution in [2.75, 3.05) is 39.8 Å². The van der Waals surface area contributed by atoms with Crippen LogP contribution in [0.2, 0.25) is 0 Å². The Morgan fingerprint density at radius 3 is 2.78 bits per heavy atom. The molecule has 0 aliphatic carbocycles. The number of ether oxygens (including phenoxy) is 1. The summed E-state index contributed by atoms with van der Waals surface area (Å²) in [6.07, 6.45) is 1.44. The number of piperidine rings is 1. The molecular weight excluding hydrogens is 234 g/mol. The van der Waals surface area contributed by atoms with Gasteiger partial charge in [-0.1, -0.05) is 5.11 Å². The summed E-state index contributed by atoms with van der Waals surface area (Å²) in [6.45, 7) is 4.73. The first-order valence-corrected chi connectivity index (χ1v) is 6.26. The highest BCUT2D eigenvalue weighted by atomic mass is 16.5. The summed E-state index contributed by atoms with van der Waals surface area (Å²) < 4.78 is 5.15. The highest BCUT2D eigenvalue weighted by Crippen LogP contribution is 2.23. The molecule has 1 heterocycles. The number of esters is 1. The van der Waals surface area contributed by atoms with Gasteiger partial charge in [-0.25, -0.2) is 0 Å². The van der Waals surface area contributed by atoms with E-state index in [2.05, 4.69) is 20.2 Å². The second-order valence-corrected chi connectivity index (χ2v) is 4.49. The molecule has 0 aromatic carbocycles. The van der Waals surface area contributed by atoms with Gasteiger partial charge in [-0.3, -0.25) is 4.79 Å². The first-order valence-electron chi connectivity index (χ1n) is 6.26. The maximum Gasteiger partial charge on any atom is 0.326 e. The zero-order chi connectivity index (χ0) is 13.4. The van der Waals surface area contributed by atoms with Crippen LogP contribution in [0.5, 0.6) is 0 Å². The van der Waals surface area contributed by atoms with Crippen molar-refractivity contribution in [2.45, 2.75) is 25.3 Å². The smallest absolute Gasteiger partial charge is 0.326 e. The van der Waals surface area contributed by atoms with Gasteiger partial charge in [-0.05, 0) is 32.3 Å². The molecule has 0 amide bonds. The van der Waals surface area contributed by atoms with Gasteiger partial charge in [0.05, 0.1) is 6.61 Å². The maximum absolute atomic E-state index is 12.1. The van der Waals surface area contributed by atoms with Crippen LogP contribution in [0.1, 0.15) is 19.8 Å². The number of nitrogens with zero attached hydrogens (tertiary/aromatic N) is 4. The average molecular weight is 255 g/mol. The van der Waals surface area contributed by atoms with Crippen LogP contribution in [0, 0.1) is 0 Å². The van der Waals surface area contributed by atoms with Crippen LogP contribution in [-0.4, -0.2) is 56.2 Å². The van der Waals surface area contributed by atoms with Gasteiger partial charge >= 0.3 is 5.97 Å². The summed E-state index contributed by atoms with van der Waals surface area (Å²) in [4.78, 5) is 17.0. The lowest BCUT2D eigenvalue weighted by atomic mass is 9.87. The number of likely N-dealkylation sites (tertiary alicyclic amines) is 1. The minimum atomic E-state index is -0.618. The third kappa shape index (κ3) is 3.87. The summed E-state index contributed by atoms with van der Waals surface area (Å²) in [6, 6.07) is 0. The van der Waals surface area contributed by atoms with E-state index in [1.807, 2.05) is 7.05 Å². The molecule has 1 saturated heterocycles. The Morgan fingerprint density at radius 2 is 2.22 bits per heavy atom. The number of hydrogen-bond donors (Lipinski definition) is 1. The predicted octanol–water partition coefficient (Wildman–Crippen LogP) is 0.914. The van der Waals surface area contributed by atoms with E-state index in [1.165, 1.54) is 0 Å². The largest absolute Gasteiger partial charge is 0.465 e. The lowest BCUT2D eigenvalue weighted by Gasteiger charge is -2.39. The van der Waals surface area contributed by atoms with E-state index in [0.717, 1.165) is 25.9 Å². The predicted molar refractivity (Wildman–Crippen MR) is 68.1 cm³/mol. The van der Waals surface area contributed by atoms with Crippen molar-refractivity contribution in [1.29, 1.82) is 0 Å².